The second-order valence-electron chi connectivity index (χ2n) is 6.83. The van der Waals surface area contributed by atoms with Crippen LogP contribution in [0.15, 0.2) is 36.0 Å². The normalized spacial score (nSPS) is 20.8. The lowest BCUT2D eigenvalue weighted by molar-refractivity contribution is -0.884. The molecule has 130 valence electrons. The van der Waals surface area contributed by atoms with Gasteiger partial charge in [0.05, 0.1) is 25.5 Å². The highest BCUT2D eigenvalue weighted by atomic mass is 35.5. The standard InChI is InChI=1S/C19H21ClN4S/c1-23-9-7-15(8-10-23)24(2)18-17-16(11-25-19(17)22-12-21-18)13-3-5-14(20)6-4-13/h3-6,11-12,15H,7-10H2,1-2H3/p+1. The van der Waals surface area contributed by atoms with Crippen molar-refractivity contribution in [3.63, 3.8) is 0 Å². The molecule has 0 saturated carbocycles. The van der Waals surface area contributed by atoms with Gasteiger partial charge in [0.1, 0.15) is 17.0 Å². The molecule has 4 rings (SSSR count). The molecule has 0 bridgehead atoms. The van der Waals surface area contributed by atoms with Gasteiger partial charge in [0.2, 0.25) is 0 Å². The number of halogens is 1. The minimum atomic E-state index is 0.541. The van der Waals surface area contributed by atoms with E-state index in [4.69, 9.17) is 11.6 Å². The van der Waals surface area contributed by atoms with Crippen LogP contribution in [0.5, 0.6) is 0 Å². The summed E-state index contributed by atoms with van der Waals surface area (Å²) >= 11 is 7.73. The average molecular weight is 374 g/mol. The topological polar surface area (TPSA) is 33.5 Å². The lowest BCUT2D eigenvalue weighted by Gasteiger charge is -2.34. The van der Waals surface area contributed by atoms with E-state index in [1.54, 1.807) is 22.6 Å². The first-order valence-electron chi connectivity index (χ1n) is 8.66. The van der Waals surface area contributed by atoms with Gasteiger partial charge in [0.25, 0.3) is 0 Å². The number of aromatic nitrogens is 2. The van der Waals surface area contributed by atoms with Crippen molar-refractivity contribution in [3.8, 4) is 11.1 Å². The SMILES string of the molecule is CN(c1ncnc2scc(-c3ccc(Cl)cc3)c12)C1CC[NH+](C)CC1. The molecule has 6 heteroatoms. The van der Waals surface area contributed by atoms with Crippen LogP contribution in [0.3, 0.4) is 0 Å². The minimum Gasteiger partial charge on any atom is -0.356 e. The molecule has 0 atom stereocenters. The van der Waals surface area contributed by atoms with Crippen molar-refractivity contribution in [1.29, 1.82) is 0 Å². The number of nitrogens with zero attached hydrogens (tertiary/aromatic N) is 3. The molecule has 3 aromatic rings. The third-order valence-electron chi connectivity index (χ3n) is 5.20. The predicted octanol–water partition coefficient (Wildman–Crippen LogP) is 3.13. The Bertz CT molecular complexity index is 869. The largest absolute Gasteiger partial charge is 0.356 e. The number of hydrogen-bond donors (Lipinski definition) is 1. The van der Waals surface area contributed by atoms with Crippen molar-refractivity contribution < 1.29 is 4.90 Å². The molecule has 1 N–H and O–H groups in total. The Kier molecular flexibility index (Phi) is 4.63. The summed E-state index contributed by atoms with van der Waals surface area (Å²) < 4.78 is 0. The first-order valence-corrected chi connectivity index (χ1v) is 9.91. The van der Waals surface area contributed by atoms with Gasteiger partial charge in [0, 0.05) is 41.9 Å². The van der Waals surface area contributed by atoms with Crippen LogP contribution in [0.1, 0.15) is 12.8 Å². The predicted molar refractivity (Wildman–Crippen MR) is 106 cm³/mol. The van der Waals surface area contributed by atoms with Gasteiger partial charge in [-0.25, -0.2) is 9.97 Å². The fourth-order valence-electron chi connectivity index (χ4n) is 3.62. The zero-order valence-electron chi connectivity index (χ0n) is 14.5. The zero-order valence-corrected chi connectivity index (χ0v) is 16.1. The number of anilines is 1. The molecule has 3 heterocycles. The average Bonchev–Trinajstić information content (AvgIpc) is 3.07. The number of hydrogen-bond acceptors (Lipinski definition) is 4. The number of nitrogens with one attached hydrogen (secondary N) is 1. The zero-order chi connectivity index (χ0) is 17.4. The van der Waals surface area contributed by atoms with Crippen molar-refractivity contribution in [1.82, 2.24) is 9.97 Å². The molecule has 25 heavy (non-hydrogen) atoms. The van der Waals surface area contributed by atoms with Crippen LogP contribution in [0, 0.1) is 0 Å². The number of piperidine rings is 1. The summed E-state index contributed by atoms with van der Waals surface area (Å²) in [4.78, 5) is 14.2. The van der Waals surface area contributed by atoms with Crippen molar-refractivity contribution in [2.24, 2.45) is 0 Å². The summed E-state index contributed by atoms with van der Waals surface area (Å²) in [5.41, 5.74) is 2.35. The van der Waals surface area contributed by atoms with Crippen LogP contribution in [-0.4, -0.2) is 43.2 Å². The molecule has 0 unspecified atom stereocenters. The number of thiophene rings is 1. The monoisotopic (exact) mass is 373 g/mol. The van der Waals surface area contributed by atoms with E-state index in [2.05, 4.69) is 46.5 Å². The van der Waals surface area contributed by atoms with Gasteiger partial charge in [-0.3, -0.25) is 0 Å². The molecule has 0 amide bonds. The fourth-order valence-corrected chi connectivity index (χ4v) is 4.66. The second kappa shape index (κ2) is 6.90. The molecule has 1 aliphatic heterocycles. The Morgan fingerprint density at radius 2 is 1.88 bits per heavy atom. The fraction of sp³-hybridized carbons (Fsp3) is 0.368. The number of fused-ring (bicyclic) bond motifs is 1. The molecule has 0 aliphatic carbocycles. The van der Waals surface area contributed by atoms with E-state index in [0.29, 0.717) is 6.04 Å². The lowest BCUT2D eigenvalue weighted by Crippen LogP contribution is -3.10. The molecule has 2 aromatic heterocycles. The van der Waals surface area contributed by atoms with Gasteiger partial charge < -0.3 is 9.80 Å². The van der Waals surface area contributed by atoms with E-state index in [1.165, 1.54) is 31.5 Å². The lowest BCUT2D eigenvalue weighted by atomic mass is 10.0. The molecular formula is C19H22ClN4S+. The summed E-state index contributed by atoms with van der Waals surface area (Å²) in [6.07, 6.45) is 4.10. The van der Waals surface area contributed by atoms with E-state index in [1.807, 2.05) is 12.1 Å². The molecule has 1 saturated heterocycles. The van der Waals surface area contributed by atoms with Crippen molar-refractivity contribution in [2.45, 2.75) is 18.9 Å². The van der Waals surface area contributed by atoms with Crippen molar-refractivity contribution in [2.75, 3.05) is 32.1 Å². The third kappa shape index (κ3) is 3.24. The van der Waals surface area contributed by atoms with E-state index in [-0.39, 0.29) is 0 Å². The highest BCUT2D eigenvalue weighted by Gasteiger charge is 2.26. The van der Waals surface area contributed by atoms with Crippen LogP contribution < -0.4 is 9.80 Å². The molecule has 1 aliphatic rings. The number of quaternary nitrogens is 1. The van der Waals surface area contributed by atoms with Gasteiger partial charge >= 0.3 is 0 Å². The Hall–Kier alpha value is -1.69. The Morgan fingerprint density at radius 1 is 1.16 bits per heavy atom. The van der Waals surface area contributed by atoms with Crippen molar-refractivity contribution >= 4 is 39.0 Å². The van der Waals surface area contributed by atoms with Gasteiger partial charge in [-0.2, -0.15) is 0 Å². The third-order valence-corrected chi connectivity index (χ3v) is 6.33. The summed E-state index contributed by atoms with van der Waals surface area (Å²) in [7, 11) is 4.45. The van der Waals surface area contributed by atoms with Crippen LogP contribution >= 0.6 is 22.9 Å². The summed E-state index contributed by atoms with van der Waals surface area (Å²) in [6.45, 7) is 2.44. The summed E-state index contributed by atoms with van der Waals surface area (Å²) in [5, 5.41) is 4.09. The highest BCUT2D eigenvalue weighted by molar-refractivity contribution is 7.17. The van der Waals surface area contributed by atoms with Gasteiger partial charge in [-0.05, 0) is 17.7 Å². The van der Waals surface area contributed by atoms with E-state index < -0.39 is 0 Å². The van der Waals surface area contributed by atoms with Crippen molar-refractivity contribution in [3.05, 3.63) is 41.0 Å². The highest BCUT2D eigenvalue weighted by Crippen LogP contribution is 2.38. The summed E-state index contributed by atoms with van der Waals surface area (Å²) in [5.74, 6) is 1.04. The van der Waals surface area contributed by atoms with Crippen LogP contribution in [0.4, 0.5) is 5.82 Å². The summed E-state index contributed by atoms with van der Waals surface area (Å²) in [6, 6.07) is 8.56. The first-order chi connectivity index (χ1) is 12.1. The Labute approximate surface area is 157 Å². The molecular weight excluding hydrogens is 352 g/mol. The Morgan fingerprint density at radius 3 is 2.60 bits per heavy atom. The molecule has 1 fully saturated rings. The molecule has 1 aromatic carbocycles. The maximum atomic E-state index is 6.05. The minimum absolute atomic E-state index is 0.541. The van der Waals surface area contributed by atoms with Gasteiger partial charge in [-0.1, -0.05) is 23.7 Å². The van der Waals surface area contributed by atoms with Crippen LogP contribution in [-0.2, 0) is 0 Å². The van der Waals surface area contributed by atoms with E-state index in [0.717, 1.165) is 26.6 Å². The second-order valence-corrected chi connectivity index (χ2v) is 8.13. The van der Waals surface area contributed by atoms with Crippen LogP contribution in [0.25, 0.3) is 21.3 Å². The van der Waals surface area contributed by atoms with Gasteiger partial charge in [0.15, 0.2) is 0 Å². The van der Waals surface area contributed by atoms with E-state index in [9.17, 15) is 0 Å². The molecule has 4 nitrogen and oxygen atoms in total. The number of rotatable bonds is 3. The quantitative estimate of drug-likeness (QED) is 0.765. The first kappa shape index (κ1) is 16.8. The number of benzene rings is 1. The maximum absolute atomic E-state index is 6.05. The van der Waals surface area contributed by atoms with Crippen LogP contribution in [0.2, 0.25) is 5.02 Å². The van der Waals surface area contributed by atoms with Gasteiger partial charge in [-0.15, -0.1) is 11.3 Å². The number of likely N-dealkylation sites (tertiary alicyclic amines) is 1. The smallest absolute Gasteiger partial charge is 0.141 e. The molecule has 0 spiro atoms. The molecule has 0 radical (unpaired) electrons. The Balaban J connectivity index is 1.76. The maximum Gasteiger partial charge on any atom is 0.141 e. The van der Waals surface area contributed by atoms with E-state index >= 15 is 0 Å².